The highest BCUT2D eigenvalue weighted by molar-refractivity contribution is 7.12. The maximum atomic E-state index is 13.3. The SMILES string of the molecule is CC1=C[C@@H]2[C@@H]3C(=O)NC(=O)[C@@H]3[C@H](C(=O)c3cccs3)N2c2ccccc21. The van der Waals surface area contributed by atoms with Crippen LogP contribution in [0.15, 0.2) is 47.9 Å². The van der Waals surface area contributed by atoms with Crippen molar-refractivity contribution in [2.45, 2.75) is 19.0 Å². The Morgan fingerprint density at radius 1 is 1.08 bits per heavy atom. The second kappa shape index (κ2) is 5.38. The van der Waals surface area contributed by atoms with Crippen LogP contribution in [0.3, 0.4) is 0 Å². The van der Waals surface area contributed by atoms with Gasteiger partial charge in [-0.1, -0.05) is 30.3 Å². The molecule has 3 aliphatic heterocycles. The number of benzene rings is 1. The molecule has 2 aromatic rings. The normalized spacial score (nSPS) is 29.0. The molecule has 2 saturated heterocycles. The van der Waals surface area contributed by atoms with Crippen molar-refractivity contribution in [3.8, 4) is 0 Å². The fraction of sp³-hybridized carbons (Fsp3) is 0.250. The van der Waals surface area contributed by atoms with Gasteiger partial charge in [-0.25, -0.2) is 0 Å². The van der Waals surface area contributed by atoms with Gasteiger partial charge in [0, 0.05) is 11.3 Å². The summed E-state index contributed by atoms with van der Waals surface area (Å²) in [6.07, 6.45) is 2.03. The third kappa shape index (κ3) is 1.93. The smallest absolute Gasteiger partial charge is 0.233 e. The summed E-state index contributed by atoms with van der Waals surface area (Å²) >= 11 is 1.37. The van der Waals surface area contributed by atoms with Gasteiger partial charge in [0.05, 0.1) is 22.8 Å². The summed E-state index contributed by atoms with van der Waals surface area (Å²) in [6, 6.07) is 10.5. The maximum absolute atomic E-state index is 13.3. The Bertz CT molecular complexity index is 979. The molecule has 0 radical (unpaired) electrons. The van der Waals surface area contributed by atoms with Crippen molar-refractivity contribution >= 4 is 40.2 Å². The minimum atomic E-state index is -0.666. The molecule has 0 spiro atoms. The number of imide groups is 1. The average molecular weight is 364 g/mol. The Kier molecular flexibility index (Phi) is 3.21. The Balaban J connectivity index is 1.71. The maximum Gasteiger partial charge on any atom is 0.233 e. The van der Waals surface area contributed by atoms with Gasteiger partial charge in [-0.3, -0.25) is 19.7 Å². The first-order valence-corrected chi connectivity index (χ1v) is 9.44. The van der Waals surface area contributed by atoms with E-state index in [0.29, 0.717) is 4.88 Å². The molecule has 5 nitrogen and oxygen atoms in total. The Morgan fingerprint density at radius 3 is 2.62 bits per heavy atom. The first-order chi connectivity index (χ1) is 12.6. The lowest BCUT2D eigenvalue weighted by atomic mass is 9.86. The fourth-order valence-electron chi connectivity index (χ4n) is 4.58. The van der Waals surface area contributed by atoms with Crippen LogP contribution >= 0.6 is 11.3 Å². The van der Waals surface area contributed by atoms with Gasteiger partial charge in [-0.15, -0.1) is 11.3 Å². The van der Waals surface area contributed by atoms with Crippen LogP contribution in [-0.4, -0.2) is 29.7 Å². The number of ketones is 1. The highest BCUT2D eigenvalue weighted by Crippen LogP contribution is 2.48. The van der Waals surface area contributed by atoms with Crippen molar-refractivity contribution in [1.82, 2.24) is 5.32 Å². The number of fused-ring (bicyclic) bond motifs is 5. The van der Waals surface area contributed by atoms with Gasteiger partial charge in [-0.2, -0.15) is 0 Å². The summed E-state index contributed by atoms with van der Waals surface area (Å²) in [5.41, 5.74) is 3.03. The minimum Gasteiger partial charge on any atom is -0.352 e. The quantitative estimate of drug-likeness (QED) is 0.657. The summed E-state index contributed by atoms with van der Waals surface area (Å²) < 4.78 is 0. The van der Waals surface area contributed by atoms with Crippen LogP contribution in [-0.2, 0) is 9.59 Å². The molecule has 0 unspecified atom stereocenters. The van der Waals surface area contributed by atoms with E-state index in [2.05, 4.69) is 5.32 Å². The molecule has 1 aromatic heterocycles. The van der Waals surface area contributed by atoms with Crippen LogP contribution in [0.25, 0.3) is 5.57 Å². The van der Waals surface area contributed by atoms with E-state index < -0.39 is 17.9 Å². The zero-order chi connectivity index (χ0) is 18.0. The van der Waals surface area contributed by atoms with E-state index in [-0.39, 0.29) is 23.6 Å². The van der Waals surface area contributed by atoms with Gasteiger partial charge in [-0.05, 0) is 30.0 Å². The summed E-state index contributed by atoms with van der Waals surface area (Å²) in [6.45, 7) is 2.01. The predicted molar refractivity (Wildman–Crippen MR) is 98.9 cm³/mol. The third-order valence-electron chi connectivity index (χ3n) is 5.63. The van der Waals surface area contributed by atoms with Gasteiger partial charge in [0.15, 0.2) is 5.78 Å². The topological polar surface area (TPSA) is 66.5 Å². The molecule has 6 heteroatoms. The number of para-hydroxylation sites is 1. The highest BCUT2D eigenvalue weighted by Gasteiger charge is 2.61. The number of hydrogen-bond donors (Lipinski definition) is 1. The third-order valence-corrected chi connectivity index (χ3v) is 6.51. The summed E-state index contributed by atoms with van der Waals surface area (Å²) in [4.78, 5) is 41.0. The van der Waals surface area contributed by atoms with E-state index >= 15 is 0 Å². The van der Waals surface area contributed by atoms with E-state index in [1.165, 1.54) is 11.3 Å². The number of thiophene rings is 1. The molecule has 2 amide bonds. The lowest BCUT2D eigenvalue weighted by molar-refractivity contribution is -0.126. The molecule has 26 heavy (non-hydrogen) atoms. The van der Waals surface area contributed by atoms with Gasteiger partial charge < -0.3 is 4.90 Å². The van der Waals surface area contributed by atoms with Crippen molar-refractivity contribution in [2.24, 2.45) is 11.8 Å². The van der Waals surface area contributed by atoms with Crippen LogP contribution in [0.5, 0.6) is 0 Å². The Labute approximate surface area is 154 Å². The van der Waals surface area contributed by atoms with E-state index in [0.717, 1.165) is 16.8 Å². The molecule has 3 aliphatic rings. The number of rotatable bonds is 2. The highest BCUT2D eigenvalue weighted by atomic mass is 32.1. The van der Waals surface area contributed by atoms with E-state index in [9.17, 15) is 14.4 Å². The van der Waals surface area contributed by atoms with E-state index in [4.69, 9.17) is 0 Å². The number of allylic oxidation sites excluding steroid dienone is 1. The molecular formula is C20H16N2O3S. The summed E-state index contributed by atoms with van der Waals surface area (Å²) in [5, 5.41) is 4.29. The molecule has 5 rings (SSSR count). The summed E-state index contributed by atoms with van der Waals surface area (Å²) in [7, 11) is 0. The van der Waals surface area contributed by atoms with Crippen molar-refractivity contribution in [1.29, 1.82) is 0 Å². The molecule has 130 valence electrons. The van der Waals surface area contributed by atoms with Crippen LogP contribution < -0.4 is 10.2 Å². The zero-order valence-electron chi connectivity index (χ0n) is 14.0. The van der Waals surface area contributed by atoms with Crippen LogP contribution in [0.4, 0.5) is 5.69 Å². The van der Waals surface area contributed by atoms with Gasteiger partial charge in [0.2, 0.25) is 11.8 Å². The number of carbonyl (C=O) groups is 3. The molecule has 0 bridgehead atoms. The monoisotopic (exact) mass is 364 g/mol. The second-order valence-electron chi connectivity index (χ2n) is 6.96. The van der Waals surface area contributed by atoms with E-state index in [1.54, 1.807) is 6.07 Å². The summed E-state index contributed by atoms with van der Waals surface area (Å²) in [5.74, 6) is -1.89. The largest absolute Gasteiger partial charge is 0.352 e. The molecular weight excluding hydrogens is 348 g/mol. The Morgan fingerprint density at radius 2 is 1.85 bits per heavy atom. The number of Topliss-reactive ketones (excluding diaryl/α,β-unsaturated/α-hetero) is 1. The number of amides is 2. The number of carbonyl (C=O) groups excluding carboxylic acids is 3. The molecule has 4 atom stereocenters. The zero-order valence-corrected chi connectivity index (χ0v) is 14.8. The van der Waals surface area contributed by atoms with Crippen molar-refractivity contribution in [2.75, 3.05) is 4.90 Å². The fourth-order valence-corrected chi connectivity index (χ4v) is 5.28. The average Bonchev–Trinajstić information content (AvgIpc) is 3.33. The molecule has 4 heterocycles. The predicted octanol–water partition coefficient (Wildman–Crippen LogP) is 2.49. The lowest BCUT2D eigenvalue weighted by Gasteiger charge is -2.37. The van der Waals surface area contributed by atoms with Crippen molar-refractivity contribution in [3.63, 3.8) is 0 Å². The number of anilines is 1. The number of nitrogens with zero attached hydrogens (tertiary/aromatic N) is 1. The molecule has 1 N–H and O–H groups in total. The molecule has 0 saturated carbocycles. The molecule has 2 fully saturated rings. The van der Waals surface area contributed by atoms with E-state index in [1.807, 2.05) is 53.6 Å². The number of hydrogen-bond acceptors (Lipinski definition) is 5. The van der Waals surface area contributed by atoms with Gasteiger partial charge in [0.1, 0.15) is 6.04 Å². The molecule has 0 aliphatic carbocycles. The standard InChI is InChI=1S/C20H16N2O3S/c1-10-9-13-15-16(20(25)21-19(15)24)17(18(23)14-7-4-8-26-14)22(13)12-6-3-2-5-11(10)12/h2-9,13,15-17H,1H3,(H,21,24,25)/t13-,15+,16+,17-/m1/s1. The van der Waals surface area contributed by atoms with Crippen LogP contribution in [0, 0.1) is 11.8 Å². The van der Waals surface area contributed by atoms with Crippen molar-refractivity contribution in [3.05, 3.63) is 58.3 Å². The number of nitrogens with one attached hydrogen (secondary N) is 1. The van der Waals surface area contributed by atoms with Crippen LogP contribution in [0.2, 0.25) is 0 Å². The van der Waals surface area contributed by atoms with Crippen LogP contribution in [0.1, 0.15) is 22.2 Å². The Hall–Kier alpha value is -2.73. The van der Waals surface area contributed by atoms with Crippen molar-refractivity contribution < 1.29 is 14.4 Å². The molecule has 1 aromatic carbocycles. The second-order valence-corrected chi connectivity index (χ2v) is 7.90. The first-order valence-electron chi connectivity index (χ1n) is 8.56. The first kappa shape index (κ1) is 15.5. The lowest BCUT2D eigenvalue weighted by Crippen LogP contribution is -2.48. The van der Waals surface area contributed by atoms with Gasteiger partial charge >= 0.3 is 0 Å². The minimum absolute atomic E-state index is 0.0925. The van der Waals surface area contributed by atoms with Gasteiger partial charge in [0.25, 0.3) is 0 Å².